The van der Waals surface area contributed by atoms with Crippen molar-refractivity contribution in [2.75, 3.05) is 0 Å². The number of aliphatic carboxylic acids is 1. The van der Waals surface area contributed by atoms with Gasteiger partial charge in [0.15, 0.2) is 0 Å². The number of rotatable bonds is 17. The summed E-state index contributed by atoms with van der Waals surface area (Å²) in [5, 5.41) is 30.2. The number of hydrogen-bond donors (Lipinski definition) is 6. The van der Waals surface area contributed by atoms with Gasteiger partial charge in [-0.25, -0.2) is 9.78 Å². The minimum absolute atomic E-state index is 0.0259. The molecule has 1 unspecified atom stereocenters. The molecule has 0 saturated heterocycles. The summed E-state index contributed by atoms with van der Waals surface area (Å²) in [5.41, 5.74) is 6.12. The number of hydrogen-bond acceptors (Lipinski definition) is 7. The lowest BCUT2D eigenvalue weighted by atomic mass is 9.81. The van der Waals surface area contributed by atoms with Crippen LogP contribution >= 0.6 is 0 Å². The van der Waals surface area contributed by atoms with Gasteiger partial charge in [0.05, 0.1) is 24.1 Å². The van der Waals surface area contributed by atoms with E-state index >= 15 is 0 Å². The largest absolute Gasteiger partial charge is 0.480 e. The Morgan fingerprint density at radius 3 is 2.23 bits per heavy atom. The predicted molar refractivity (Wildman–Crippen MR) is 178 cm³/mol. The van der Waals surface area contributed by atoms with Crippen LogP contribution < -0.4 is 21.7 Å². The van der Waals surface area contributed by atoms with Crippen molar-refractivity contribution in [1.82, 2.24) is 20.9 Å². The summed E-state index contributed by atoms with van der Waals surface area (Å²) >= 11 is 0. The Kier molecular flexibility index (Phi) is 14.1. The fourth-order valence-corrected chi connectivity index (χ4v) is 6.26. The van der Waals surface area contributed by atoms with Crippen molar-refractivity contribution in [2.24, 2.45) is 29.4 Å². The number of carbonyl (C=O) groups is 5. The first-order valence-corrected chi connectivity index (χ1v) is 16.8. The second-order valence-electron chi connectivity index (χ2n) is 13.3. The molecule has 4 amide bonds. The number of benzene rings is 1. The Bertz CT molecular complexity index is 1390. The highest BCUT2D eigenvalue weighted by Gasteiger charge is 2.36. The summed E-state index contributed by atoms with van der Waals surface area (Å²) < 4.78 is 0. The van der Waals surface area contributed by atoms with E-state index < -0.39 is 66.2 Å². The molecule has 7 N–H and O–H groups in total. The van der Waals surface area contributed by atoms with Crippen molar-refractivity contribution >= 4 is 40.5 Å². The molecule has 1 heterocycles. The van der Waals surface area contributed by atoms with Crippen LogP contribution in [-0.4, -0.2) is 69.0 Å². The highest BCUT2D eigenvalue weighted by molar-refractivity contribution is 5.99. The van der Waals surface area contributed by atoms with Crippen molar-refractivity contribution in [1.29, 1.82) is 0 Å². The maximum Gasteiger partial charge on any atom is 0.326 e. The molecule has 12 nitrogen and oxygen atoms in total. The maximum absolute atomic E-state index is 13.7. The quantitative estimate of drug-likeness (QED) is 0.149. The smallest absolute Gasteiger partial charge is 0.326 e. The van der Waals surface area contributed by atoms with Crippen LogP contribution in [0, 0.1) is 23.7 Å². The van der Waals surface area contributed by atoms with Gasteiger partial charge >= 0.3 is 5.97 Å². The molecular formula is C35H51N5O7. The number of aromatic nitrogens is 1. The summed E-state index contributed by atoms with van der Waals surface area (Å²) in [6.07, 6.45) is 4.36. The summed E-state index contributed by atoms with van der Waals surface area (Å²) in [6, 6.07) is 7.33. The molecule has 1 fully saturated rings. The van der Waals surface area contributed by atoms with Crippen molar-refractivity contribution in [3.63, 3.8) is 0 Å². The SMILES string of the molecule is CCC(C)[C@H](NC(=O)[C@@H](C[C@H](O)[C@H](CC1CCCCC1)NC(=O)[C@H](CC(N)=O)NC(=O)c1ccc2ccccc2n1)C(C)C)C(=O)O. The van der Waals surface area contributed by atoms with Crippen LogP contribution in [-0.2, 0) is 19.2 Å². The Morgan fingerprint density at radius 2 is 1.62 bits per heavy atom. The summed E-state index contributed by atoms with van der Waals surface area (Å²) in [6.45, 7) is 7.25. The first-order chi connectivity index (χ1) is 22.3. The number of aliphatic hydroxyl groups is 1. The van der Waals surface area contributed by atoms with Gasteiger partial charge in [0.2, 0.25) is 17.7 Å². The fourth-order valence-electron chi connectivity index (χ4n) is 6.26. The minimum atomic E-state index is -1.33. The van der Waals surface area contributed by atoms with E-state index in [2.05, 4.69) is 20.9 Å². The fraction of sp³-hybridized carbons (Fsp3) is 0.600. The zero-order valence-electron chi connectivity index (χ0n) is 27.9. The van der Waals surface area contributed by atoms with Crippen molar-refractivity contribution in [3.05, 3.63) is 42.1 Å². The van der Waals surface area contributed by atoms with Crippen molar-refractivity contribution in [3.8, 4) is 0 Å². The standard InChI is InChI=1S/C35H51N5O7/c1-5-21(4)31(35(46)47)40-32(43)24(20(2)3)18-29(41)27(17-22-11-7-6-8-12-22)38-34(45)28(19-30(36)42)39-33(44)26-16-15-23-13-9-10-14-25(23)37-26/h9-10,13-16,20-22,24,27-29,31,41H,5-8,11-12,17-19H2,1-4H3,(H2,36,42)(H,38,45)(H,39,44)(H,40,43)(H,46,47)/t21?,24-,27-,28-,29-,31-/m0/s1. The lowest BCUT2D eigenvalue weighted by Crippen LogP contribution is -2.55. The van der Waals surface area contributed by atoms with E-state index in [9.17, 15) is 34.2 Å². The second-order valence-corrected chi connectivity index (χ2v) is 13.3. The van der Waals surface area contributed by atoms with E-state index in [1.807, 2.05) is 32.9 Å². The number of carbonyl (C=O) groups excluding carboxylic acids is 4. The number of nitrogens with one attached hydrogen (secondary N) is 3. The summed E-state index contributed by atoms with van der Waals surface area (Å²) in [4.78, 5) is 68.5. The van der Waals surface area contributed by atoms with Crippen LogP contribution in [0.3, 0.4) is 0 Å². The zero-order valence-corrected chi connectivity index (χ0v) is 27.9. The van der Waals surface area contributed by atoms with Gasteiger partial charge in [-0.2, -0.15) is 0 Å². The molecule has 0 bridgehead atoms. The molecule has 12 heteroatoms. The van der Waals surface area contributed by atoms with Crippen molar-refractivity contribution < 1.29 is 34.2 Å². The molecule has 0 aliphatic heterocycles. The summed E-state index contributed by atoms with van der Waals surface area (Å²) in [7, 11) is 0. The summed E-state index contributed by atoms with van der Waals surface area (Å²) in [5.74, 6) is -4.79. The van der Waals surface area contributed by atoms with E-state index in [0.29, 0.717) is 18.4 Å². The molecule has 1 aromatic heterocycles. The van der Waals surface area contributed by atoms with Crippen LogP contribution in [0.25, 0.3) is 10.9 Å². The molecule has 1 aromatic carbocycles. The molecule has 1 saturated carbocycles. The predicted octanol–water partition coefficient (Wildman–Crippen LogP) is 3.30. The lowest BCUT2D eigenvalue weighted by Gasteiger charge is -2.33. The zero-order chi connectivity index (χ0) is 34.7. The first-order valence-electron chi connectivity index (χ1n) is 16.8. The van der Waals surface area contributed by atoms with E-state index in [1.54, 1.807) is 25.1 Å². The molecule has 6 atom stereocenters. The molecule has 0 radical (unpaired) electrons. The van der Waals surface area contributed by atoms with E-state index in [-0.39, 0.29) is 29.9 Å². The van der Waals surface area contributed by atoms with Crippen LogP contribution in [0.5, 0.6) is 0 Å². The third-order valence-corrected chi connectivity index (χ3v) is 9.38. The van der Waals surface area contributed by atoms with Crippen LogP contribution in [0.4, 0.5) is 0 Å². The number of pyridine rings is 1. The third kappa shape index (κ3) is 11.0. The topological polar surface area (TPSA) is 201 Å². The molecule has 3 rings (SSSR count). The van der Waals surface area contributed by atoms with Gasteiger partial charge in [-0.1, -0.05) is 90.5 Å². The van der Waals surface area contributed by atoms with Gasteiger partial charge in [0.25, 0.3) is 5.91 Å². The number of para-hydroxylation sites is 1. The number of amides is 4. The highest BCUT2D eigenvalue weighted by Crippen LogP contribution is 2.30. The first kappa shape index (κ1) is 37.4. The average Bonchev–Trinajstić information content (AvgIpc) is 3.04. The Hall–Kier alpha value is -4.06. The number of fused-ring (bicyclic) bond motifs is 1. The van der Waals surface area contributed by atoms with Gasteiger partial charge in [-0.15, -0.1) is 0 Å². The maximum atomic E-state index is 13.7. The van der Waals surface area contributed by atoms with Crippen LogP contribution in [0.15, 0.2) is 36.4 Å². The third-order valence-electron chi connectivity index (χ3n) is 9.38. The number of primary amides is 1. The van der Waals surface area contributed by atoms with Gasteiger partial charge in [0, 0.05) is 11.3 Å². The van der Waals surface area contributed by atoms with Gasteiger partial charge in [-0.05, 0) is 42.7 Å². The number of nitrogens with zero attached hydrogens (tertiary/aromatic N) is 1. The Morgan fingerprint density at radius 1 is 0.936 bits per heavy atom. The van der Waals surface area contributed by atoms with Crippen molar-refractivity contribution in [2.45, 2.75) is 110 Å². The number of aliphatic hydroxyl groups excluding tert-OH is 1. The van der Waals surface area contributed by atoms with Gasteiger partial charge < -0.3 is 31.9 Å². The Labute approximate surface area is 276 Å². The average molecular weight is 654 g/mol. The molecule has 258 valence electrons. The lowest BCUT2D eigenvalue weighted by molar-refractivity contribution is -0.144. The molecule has 1 aliphatic carbocycles. The molecule has 47 heavy (non-hydrogen) atoms. The van der Waals surface area contributed by atoms with Gasteiger partial charge in [0.1, 0.15) is 17.8 Å². The normalized spacial score (nSPS) is 17.6. The van der Waals surface area contributed by atoms with Crippen LogP contribution in [0.2, 0.25) is 0 Å². The number of nitrogens with two attached hydrogens (primary N) is 1. The van der Waals surface area contributed by atoms with E-state index in [0.717, 1.165) is 37.5 Å². The van der Waals surface area contributed by atoms with E-state index in [1.165, 1.54) is 6.07 Å². The number of carboxylic acids is 1. The van der Waals surface area contributed by atoms with Gasteiger partial charge in [-0.3, -0.25) is 19.2 Å². The molecule has 1 aliphatic rings. The molecule has 0 spiro atoms. The monoisotopic (exact) mass is 653 g/mol. The van der Waals surface area contributed by atoms with Crippen LogP contribution in [0.1, 0.15) is 96.0 Å². The second kappa shape index (κ2) is 17.7. The minimum Gasteiger partial charge on any atom is -0.480 e. The molecular weight excluding hydrogens is 602 g/mol. The Balaban J connectivity index is 1.81. The number of carboxylic acid groups (broad SMARTS) is 1. The highest BCUT2D eigenvalue weighted by atomic mass is 16.4. The van der Waals surface area contributed by atoms with E-state index in [4.69, 9.17) is 5.73 Å². The molecule has 2 aromatic rings.